The lowest BCUT2D eigenvalue weighted by molar-refractivity contribution is -0.134. The third-order valence-corrected chi connectivity index (χ3v) is 5.56. The Bertz CT molecular complexity index is 671. The number of hydrogen-bond donors (Lipinski definition) is 1. The quantitative estimate of drug-likeness (QED) is 0.857. The first-order chi connectivity index (χ1) is 11.5. The van der Waals surface area contributed by atoms with Gasteiger partial charge in [-0.05, 0) is 51.9 Å². The molecule has 0 spiro atoms. The van der Waals surface area contributed by atoms with Crippen LogP contribution in [0.3, 0.4) is 0 Å². The Morgan fingerprint density at radius 3 is 2.83 bits per heavy atom. The summed E-state index contributed by atoms with van der Waals surface area (Å²) in [5.74, 6) is 1.77. The molecule has 1 saturated heterocycles. The number of amides is 1. The Labute approximate surface area is 141 Å². The molecule has 1 N–H and O–H groups in total. The van der Waals surface area contributed by atoms with E-state index in [9.17, 15) is 9.90 Å². The smallest absolute Gasteiger partial charge is 0.249 e. The molecule has 1 aromatic heterocycles. The van der Waals surface area contributed by atoms with Gasteiger partial charge in [0.25, 0.3) is 0 Å². The predicted octanol–water partition coefficient (Wildman–Crippen LogP) is 2.34. The lowest BCUT2D eigenvalue weighted by Gasteiger charge is -2.39. The van der Waals surface area contributed by atoms with E-state index in [-0.39, 0.29) is 5.91 Å². The molecule has 2 aliphatic carbocycles. The van der Waals surface area contributed by atoms with Crippen LogP contribution in [0, 0.1) is 0 Å². The second-order valence-electron chi connectivity index (χ2n) is 7.63. The van der Waals surface area contributed by atoms with E-state index in [1.165, 1.54) is 12.0 Å². The number of aromatic nitrogens is 2. The Kier molecular flexibility index (Phi) is 3.95. The minimum atomic E-state index is -0.966. The highest BCUT2D eigenvalue weighted by Crippen LogP contribution is 2.38. The molecule has 0 radical (unpaired) electrons. The molecule has 1 atom stereocenters. The van der Waals surface area contributed by atoms with Gasteiger partial charge in [-0.2, -0.15) is 4.98 Å². The van der Waals surface area contributed by atoms with Crippen LogP contribution in [-0.4, -0.2) is 44.7 Å². The van der Waals surface area contributed by atoms with Crippen LogP contribution in [-0.2, 0) is 11.2 Å². The number of carbonyl (C=O) groups is 1. The lowest BCUT2D eigenvalue weighted by atomic mass is 9.86. The summed E-state index contributed by atoms with van der Waals surface area (Å²) >= 11 is 0. The summed E-state index contributed by atoms with van der Waals surface area (Å²) in [5, 5.41) is 15.0. The summed E-state index contributed by atoms with van der Waals surface area (Å²) in [4.78, 5) is 18.9. The zero-order valence-electron chi connectivity index (χ0n) is 14.3. The molecular weight excluding hydrogens is 306 g/mol. The first kappa shape index (κ1) is 15.8. The molecule has 130 valence electrons. The third kappa shape index (κ3) is 3.11. The maximum absolute atomic E-state index is 12.7. The van der Waals surface area contributed by atoms with Crippen LogP contribution in [0.1, 0.15) is 69.5 Å². The summed E-state index contributed by atoms with van der Waals surface area (Å²) in [7, 11) is 0. The summed E-state index contributed by atoms with van der Waals surface area (Å²) in [6.45, 7) is 2.98. The SMILES string of the molecule is CC(C(=O)N1CCCC(O)(Cc2nc(C3CC3)no2)C1)=C1CCC1. The van der Waals surface area contributed by atoms with Crippen molar-refractivity contribution in [1.29, 1.82) is 0 Å². The van der Waals surface area contributed by atoms with Crippen LogP contribution in [0.15, 0.2) is 15.7 Å². The van der Waals surface area contributed by atoms with Crippen molar-refractivity contribution in [2.75, 3.05) is 13.1 Å². The van der Waals surface area contributed by atoms with Gasteiger partial charge in [0.2, 0.25) is 11.8 Å². The molecule has 24 heavy (non-hydrogen) atoms. The van der Waals surface area contributed by atoms with Crippen molar-refractivity contribution in [1.82, 2.24) is 15.0 Å². The second kappa shape index (κ2) is 5.99. The van der Waals surface area contributed by atoms with Gasteiger partial charge in [-0.1, -0.05) is 10.7 Å². The Balaban J connectivity index is 1.43. The Morgan fingerprint density at radius 1 is 1.38 bits per heavy atom. The molecule has 1 amide bonds. The van der Waals surface area contributed by atoms with Crippen LogP contribution < -0.4 is 0 Å². The number of aliphatic hydroxyl groups is 1. The number of rotatable bonds is 4. The molecule has 3 aliphatic rings. The van der Waals surface area contributed by atoms with E-state index in [2.05, 4.69) is 10.1 Å². The molecule has 1 aromatic rings. The molecule has 2 heterocycles. The first-order valence-electron chi connectivity index (χ1n) is 9.07. The summed E-state index contributed by atoms with van der Waals surface area (Å²) < 4.78 is 5.31. The number of β-amino-alcohol motifs (C(OH)–C–C–N with tert-alkyl or cyclic N) is 1. The Hall–Kier alpha value is -1.69. The number of allylic oxidation sites excluding steroid dienone is 1. The van der Waals surface area contributed by atoms with Crippen molar-refractivity contribution < 1.29 is 14.4 Å². The standard InChI is InChI=1S/C18H25N3O3/c1-12(13-4-2-5-13)17(22)21-9-3-8-18(23,11-21)10-15-19-16(20-24-15)14-6-7-14/h14,23H,2-11H2,1H3. The van der Waals surface area contributed by atoms with E-state index >= 15 is 0 Å². The zero-order valence-corrected chi connectivity index (χ0v) is 14.3. The lowest BCUT2D eigenvalue weighted by Crippen LogP contribution is -2.51. The van der Waals surface area contributed by atoms with E-state index in [1.807, 2.05) is 6.92 Å². The molecule has 4 rings (SSSR count). The molecule has 0 bridgehead atoms. The molecule has 6 heteroatoms. The highest BCUT2D eigenvalue weighted by Gasteiger charge is 2.38. The number of carbonyl (C=O) groups excluding carboxylic acids is 1. The van der Waals surface area contributed by atoms with Crippen molar-refractivity contribution in [2.24, 2.45) is 0 Å². The normalized spacial score (nSPS) is 27.1. The summed E-state index contributed by atoms with van der Waals surface area (Å²) in [5.41, 5.74) is 1.19. The molecule has 2 saturated carbocycles. The monoisotopic (exact) mass is 331 g/mol. The average molecular weight is 331 g/mol. The van der Waals surface area contributed by atoms with E-state index in [4.69, 9.17) is 4.52 Å². The van der Waals surface area contributed by atoms with Crippen LogP contribution in [0.4, 0.5) is 0 Å². The van der Waals surface area contributed by atoms with Crippen LogP contribution in [0.5, 0.6) is 0 Å². The van der Waals surface area contributed by atoms with Crippen molar-refractivity contribution in [2.45, 2.75) is 69.8 Å². The maximum atomic E-state index is 12.7. The fraction of sp³-hybridized carbons (Fsp3) is 0.722. The van der Waals surface area contributed by atoms with Gasteiger partial charge in [-0.15, -0.1) is 0 Å². The van der Waals surface area contributed by atoms with E-state index < -0.39 is 5.60 Å². The highest BCUT2D eigenvalue weighted by molar-refractivity contribution is 5.94. The van der Waals surface area contributed by atoms with Gasteiger partial charge in [-0.25, -0.2) is 0 Å². The van der Waals surface area contributed by atoms with Gasteiger partial charge in [-0.3, -0.25) is 4.79 Å². The van der Waals surface area contributed by atoms with Gasteiger partial charge in [0.05, 0.1) is 18.6 Å². The first-order valence-corrected chi connectivity index (χ1v) is 9.07. The number of piperidine rings is 1. The van der Waals surface area contributed by atoms with Gasteiger partial charge in [0.1, 0.15) is 0 Å². The minimum Gasteiger partial charge on any atom is -0.388 e. The fourth-order valence-corrected chi connectivity index (χ4v) is 3.68. The molecular formula is C18H25N3O3. The van der Waals surface area contributed by atoms with Crippen molar-refractivity contribution in [3.63, 3.8) is 0 Å². The topological polar surface area (TPSA) is 79.5 Å². The largest absolute Gasteiger partial charge is 0.388 e. The third-order valence-electron chi connectivity index (χ3n) is 5.56. The van der Waals surface area contributed by atoms with Gasteiger partial charge in [0.15, 0.2) is 5.82 Å². The van der Waals surface area contributed by atoms with Gasteiger partial charge < -0.3 is 14.5 Å². The predicted molar refractivity (Wildman–Crippen MR) is 87.3 cm³/mol. The van der Waals surface area contributed by atoms with E-state index in [0.29, 0.717) is 37.7 Å². The summed E-state index contributed by atoms with van der Waals surface area (Å²) in [6, 6.07) is 0. The fourth-order valence-electron chi connectivity index (χ4n) is 3.68. The minimum absolute atomic E-state index is 0.0759. The molecule has 1 aliphatic heterocycles. The van der Waals surface area contributed by atoms with Crippen molar-refractivity contribution in [3.8, 4) is 0 Å². The molecule has 6 nitrogen and oxygen atoms in total. The van der Waals surface area contributed by atoms with Crippen molar-refractivity contribution in [3.05, 3.63) is 22.9 Å². The van der Waals surface area contributed by atoms with Gasteiger partial charge in [0, 0.05) is 18.0 Å². The number of hydrogen-bond acceptors (Lipinski definition) is 5. The second-order valence-corrected chi connectivity index (χ2v) is 7.63. The van der Waals surface area contributed by atoms with Crippen molar-refractivity contribution >= 4 is 5.91 Å². The van der Waals surface area contributed by atoms with E-state index in [0.717, 1.165) is 43.5 Å². The van der Waals surface area contributed by atoms with Gasteiger partial charge >= 0.3 is 0 Å². The van der Waals surface area contributed by atoms with Crippen LogP contribution in [0.2, 0.25) is 0 Å². The maximum Gasteiger partial charge on any atom is 0.249 e. The molecule has 1 unspecified atom stereocenters. The Morgan fingerprint density at radius 2 is 2.17 bits per heavy atom. The van der Waals surface area contributed by atoms with Crippen LogP contribution in [0.25, 0.3) is 0 Å². The van der Waals surface area contributed by atoms with E-state index in [1.54, 1.807) is 4.90 Å². The number of likely N-dealkylation sites (tertiary alicyclic amines) is 1. The number of nitrogens with zero attached hydrogens (tertiary/aromatic N) is 3. The molecule has 3 fully saturated rings. The van der Waals surface area contributed by atoms with Crippen LogP contribution >= 0.6 is 0 Å². The molecule has 0 aromatic carbocycles. The average Bonchev–Trinajstić information content (AvgIpc) is 3.25. The highest BCUT2D eigenvalue weighted by atomic mass is 16.5. The summed E-state index contributed by atoms with van der Waals surface area (Å²) in [6.07, 6.45) is 7.31. The zero-order chi connectivity index (χ0) is 16.7.